The van der Waals surface area contributed by atoms with Gasteiger partial charge in [-0.2, -0.15) is 11.3 Å². The van der Waals surface area contributed by atoms with E-state index in [9.17, 15) is 4.79 Å². The maximum absolute atomic E-state index is 12.6. The topological polar surface area (TPSA) is 81.4 Å². The molecule has 0 aromatic carbocycles. The van der Waals surface area contributed by atoms with E-state index < -0.39 is 0 Å². The number of carbonyl (C=O) groups is 1. The lowest BCUT2D eigenvalue weighted by Gasteiger charge is -2.29. The summed E-state index contributed by atoms with van der Waals surface area (Å²) in [6.45, 7) is 4.96. The molecule has 0 bridgehead atoms. The minimum absolute atomic E-state index is 0.0795. The van der Waals surface area contributed by atoms with Crippen molar-refractivity contribution >= 4 is 24.0 Å². The zero-order valence-electron chi connectivity index (χ0n) is 14.6. The fourth-order valence-corrected chi connectivity index (χ4v) is 4.10. The number of aliphatic imine (C=N–C) groups is 1. The fraction of sp³-hybridized carbons (Fsp3) is 0.556. The second kappa shape index (κ2) is 7.28. The Balaban J connectivity index is 1.57. The third-order valence-electron chi connectivity index (χ3n) is 5.21. The second-order valence-corrected chi connectivity index (χ2v) is 7.84. The average molecular weight is 373 g/mol. The molecule has 2 fully saturated rings. The number of hydrogen-bond acceptors (Lipinski definition) is 6. The van der Waals surface area contributed by atoms with Gasteiger partial charge in [0.15, 0.2) is 0 Å². The van der Waals surface area contributed by atoms with E-state index in [1.54, 1.807) is 0 Å². The van der Waals surface area contributed by atoms with E-state index >= 15 is 0 Å². The van der Waals surface area contributed by atoms with Gasteiger partial charge in [-0.05, 0) is 50.3 Å². The molecule has 2 aliphatic rings. The molecular weight excluding hydrogens is 350 g/mol. The molecule has 2 aromatic heterocycles. The quantitative estimate of drug-likeness (QED) is 0.756. The van der Waals surface area contributed by atoms with Gasteiger partial charge in [-0.15, -0.1) is 5.10 Å². The van der Waals surface area contributed by atoms with Crippen LogP contribution in [0.15, 0.2) is 28.0 Å². The SMILES string of the molecule is C=NCC1(n2cc([C@@H](NC(=O)c3ccsc3)[C@H]3CCCCO3)nn2)CC1. The number of hydrogen-bond donors (Lipinski definition) is 1. The molecule has 2 atom stereocenters. The Morgan fingerprint density at radius 2 is 2.42 bits per heavy atom. The molecule has 26 heavy (non-hydrogen) atoms. The molecule has 1 aliphatic heterocycles. The summed E-state index contributed by atoms with van der Waals surface area (Å²) in [5, 5.41) is 15.6. The van der Waals surface area contributed by atoms with Crippen molar-refractivity contribution in [2.45, 2.75) is 49.8 Å². The van der Waals surface area contributed by atoms with Gasteiger partial charge in [0.2, 0.25) is 0 Å². The van der Waals surface area contributed by atoms with Crippen LogP contribution in [0.5, 0.6) is 0 Å². The molecule has 138 valence electrons. The van der Waals surface area contributed by atoms with E-state index in [1.807, 2.05) is 27.7 Å². The van der Waals surface area contributed by atoms with E-state index in [1.165, 1.54) is 11.3 Å². The van der Waals surface area contributed by atoms with Crippen LogP contribution >= 0.6 is 11.3 Å². The van der Waals surface area contributed by atoms with Gasteiger partial charge in [0, 0.05) is 12.0 Å². The van der Waals surface area contributed by atoms with Crippen LogP contribution in [0.1, 0.15) is 54.2 Å². The van der Waals surface area contributed by atoms with Gasteiger partial charge >= 0.3 is 0 Å². The molecule has 8 heteroatoms. The number of carbonyl (C=O) groups excluding carboxylic acids is 1. The van der Waals surface area contributed by atoms with Gasteiger partial charge in [0.1, 0.15) is 11.7 Å². The van der Waals surface area contributed by atoms with Gasteiger partial charge in [-0.1, -0.05) is 5.21 Å². The molecule has 3 heterocycles. The summed E-state index contributed by atoms with van der Waals surface area (Å²) < 4.78 is 7.85. The van der Waals surface area contributed by atoms with E-state index in [2.05, 4.69) is 27.3 Å². The van der Waals surface area contributed by atoms with Crippen LogP contribution in [-0.2, 0) is 10.3 Å². The zero-order valence-corrected chi connectivity index (χ0v) is 15.5. The molecule has 1 aliphatic carbocycles. The summed E-state index contributed by atoms with van der Waals surface area (Å²) in [6.07, 6.45) is 6.97. The van der Waals surface area contributed by atoms with Crippen LogP contribution in [0, 0.1) is 0 Å². The van der Waals surface area contributed by atoms with Crippen molar-refractivity contribution in [2.24, 2.45) is 4.99 Å². The molecule has 7 nitrogen and oxygen atoms in total. The van der Waals surface area contributed by atoms with Crippen molar-refractivity contribution in [3.8, 4) is 0 Å². The minimum atomic E-state index is -0.302. The Kier molecular flexibility index (Phi) is 4.86. The largest absolute Gasteiger partial charge is 0.376 e. The number of thiophene rings is 1. The minimum Gasteiger partial charge on any atom is -0.376 e. The van der Waals surface area contributed by atoms with Crippen molar-refractivity contribution in [1.29, 1.82) is 0 Å². The van der Waals surface area contributed by atoms with Crippen LogP contribution < -0.4 is 5.32 Å². The highest BCUT2D eigenvalue weighted by atomic mass is 32.1. The number of ether oxygens (including phenoxy) is 1. The average Bonchev–Trinajstić information content (AvgIpc) is 3.08. The summed E-state index contributed by atoms with van der Waals surface area (Å²) in [7, 11) is 0. The van der Waals surface area contributed by atoms with Crippen molar-refractivity contribution in [3.63, 3.8) is 0 Å². The van der Waals surface area contributed by atoms with Crippen molar-refractivity contribution in [3.05, 3.63) is 34.3 Å². The number of amides is 1. The summed E-state index contributed by atoms with van der Waals surface area (Å²) in [5.41, 5.74) is 1.33. The van der Waals surface area contributed by atoms with Gasteiger partial charge in [-0.3, -0.25) is 9.79 Å². The first kappa shape index (κ1) is 17.4. The first-order valence-electron chi connectivity index (χ1n) is 9.02. The highest BCUT2D eigenvalue weighted by Gasteiger charge is 2.46. The van der Waals surface area contributed by atoms with Crippen LogP contribution in [-0.4, -0.2) is 46.9 Å². The van der Waals surface area contributed by atoms with Gasteiger partial charge in [-0.25, -0.2) is 4.68 Å². The van der Waals surface area contributed by atoms with E-state index in [4.69, 9.17) is 4.74 Å². The van der Waals surface area contributed by atoms with Crippen molar-refractivity contribution < 1.29 is 9.53 Å². The lowest BCUT2D eigenvalue weighted by atomic mass is 9.99. The molecule has 1 N–H and O–H groups in total. The Morgan fingerprint density at radius 3 is 3.08 bits per heavy atom. The van der Waals surface area contributed by atoms with Gasteiger partial charge in [0.25, 0.3) is 5.91 Å². The third-order valence-corrected chi connectivity index (χ3v) is 5.89. The molecule has 1 saturated carbocycles. The highest BCUT2D eigenvalue weighted by Crippen LogP contribution is 2.43. The normalized spacial score (nSPS) is 22.5. The Morgan fingerprint density at radius 1 is 1.54 bits per heavy atom. The fourth-order valence-electron chi connectivity index (χ4n) is 3.47. The van der Waals surface area contributed by atoms with Crippen LogP contribution in [0.25, 0.3) is 0 Å². The maximum atomic E-state index is 12.6. The first-order chi connectivity index (χ1) is 12.7. The van der Waals surface area contributed by atoms with Crippen molar-refractivity contribution in [1.82, 2.24) is 20.3 Å². The molecule has 1 amide bonds. The number of rotatable bonds is 7. The first-order valence-corrected chi connectivity index (χ1v) is 9.96. The predicted octanol–water partition coefficient (Wildman–Crippen LogP) is 2.57. The van der Waals surface area contributed by atoms with Crippen LogP contribution in [0.4, 0.5) is 0 Å². The Bertz CT molecular complexity index is 762. The molecular formula is C18H23N5O2S. The van der Waals surface area contributed by atoms with Crippen LogP contribution in [0.3, 0.4) is 0 Å². The number of nitrogens with one attached hydrogen (secondary N) is 1. The Hall–Kier alpha value is -2.06. The molecule has 2 aromatic rings. The molecule has 0 radical (unpaired) electrons. The molecule has 0 spiro atoms. The zero-order chi connectivity index (χ0) is 18.0. The maximum Gasteiger partial charge on any atom is 0.252 e. The van der Waals surface area contributed by atoms with E-state index in [0.717, 1.165) is 37.8 Å². The van der Waals surface area contributed by atoms with Crippen LogP contribution in [0.2, 0.25) is 0 Å². The summed E-state index contributed by atoms with van der Waals surface area (Å²) in [5.74, 6) is -0.103. The van der Waals surface area contributed by atoms with Crippen molar-refractivity contribution in [2.75, 3.05) is 13.2 Å². The van der Waals surface area contributed by atoms with Gasteiger partial charge in [0.05, 0.1) is 29.9 Å². The standard InChI is InChI=1S/C18H23N5O2S/c1-19-12-18(6-7-18)23-10-14(21-22-23)16(15-4-2-3-8-25-15)20-17(24)13-5-9-26-11-13/h5,9-11,15-16H,1-4,6-8,12H2,(H,20,24)/t15-,16-/m1/s1. The lowest BCUT2D eigenvalue weighted by Crippen LogP contribution is -2.39. The van der Waals surface area contributed by atoms with Gasteiger partial charge < -0.3 is 10.1 Å². The third kappa shape index (κ3) is 3.43. The molecule has 1 saturated heterocycles. The smallest absolute Gasteiger partial charge is 0.252 e. The van der Waals surface area contributed by atoms with E-state index in [0.29, 0.717) is 18.7 Å². The lowest BCUT2D eigenvalue weighted by molar-refractivity contribution is -0.00830. The predicted molar refractivity (Wildman–Crippen MR) is 99.8 cm³/mol. The molecule has 0 unspecified atom stereocenters. The molecule has 4 rings (SSSR count). The highest BCUT2D eigenvalue weighted by molar-refractivity contribution is 7.08. The van der Waals surface area contributed by atoms with E-state index in [-0.39, 0.29) is 23.6 Å². The Labute approximate surface area is 156 Å². The summed E-state index contributed by atoms with van der Waals surface area (Å²) in [4.78, 5) is 16.7. The second-order valence-electron chi connectivity index (χ2n) is 7.06. The number of aromatic nitrogens is 3. The number of nitrogens with zero attached hydrogens (tertiary/aromatic N) is 4. The summed E-state index contributed by atoms with van der Waals surface area (Å²) >= 11 is 1.51. The monoisotopic (exact) mass is 373 g/mol. The summed E-state index contributed by atoms with van der Waals surface area (Å²) in [6, 6.07) is 1.52.